The summed E-state index contributed by atoms with van der Waals surface area (Å²) >= 11 is 0. The monoisotopic (exact) mass is 267 g/mol. The Bertz CT molecular complexity index is 295. The predicted octanol–water partition coefficient (Wildman–Crippen LogP) is 1.32. The topological polar surface area (TPSA) is 35.6 Å². The third-order valence-electron chi connectivity index (χ3n) is 4.43. The van der Waals surface area contributed by atoms with Gasteiger partial charge in [-0.25, -0.2) is 0 Å². The maximum atomic E-state index is 12.5. The van der Waals surface area contributed by atoms with Gasteiger partial charge in [0.1, 0.15) is 0 Å². The van der Waals surface area contributed by atoms with Crippen molar-refractivity contribution in [1.29, 1.82) is 0 Å². The Morgan fingerprint density at radius 1 is 1.26 bits per heavy atom. The third kappa shape index (κ3) is 3.48. The largest absolute Gasteiger partial charge is 0.337 e. The molecule has 2 atom stereocenters. The van der Waals surface area contributed by atoms with Gasteiger partial charge in [-0.05, 0) is 53.0 Å². The van der Waals surface area contributed by atoms with Gasteiger partial charge in [-0.15, -0.1) is 0 Å². The number of carbonyl (C=O) groups is 1. The molecule has 0 aromatic heterocycles. The molecule has 2 aliphatic rings. The number of piperidine rings is 1. The van der Waals surface area contributed by atoms with Crippen LogP contribution in [0.4, 0.5) is 0 Å². The fourth-order valence-electron chi connectivity index (χ4n) is 3.71. The first kappa shape index (κ1) is 14.8. The van der Waals surface area contributed by atoms with Crippen LogP contribution in [0.15, 0.2) is 0 Å². The normalized spacial score (nSPS) is 27.9. The predicted molar refractivity (Wildman–Crippen MR) is 78.1 cm³/mol. The van der Waals surface area contributed by atoms with Crippen LogP contribution in [0.2, 0.25) is 0 Å². The number of rotatable bonds is 4. The van der Waals surface area contributed by atoms with Gasteiger partial charge in [0.25, 0.3) is 0 Å². The summed E-state index contributed by atoms with van der Waals surface area (Å²) in [6.45, 7) is 12.3. The molecule has 2 rings (SSSR count). The van der Waals surface area contributed by atoms with Crippen LogP contribution < -0.4 is 5.32 Å². The van der Waals surface area contributed by atoms with E-state index in [2.05, 4.69) is 37.9 Å². The van der Waals surface area contributed by atoms with Gasteiger partial charge in [-0.3, -0.25) is 9.69 Å². The lowest BCUT2D eigenvalue weighted by Crippen LogP contribution is -2.47. The Morgan fingerprint density at radius 2 is 1.95 bits per heavy atom. The van der Waals surface area contributed by atoms with Crippen molar-refractivity contribution in [3.05, 3.63) is 0 Å². The number of carbonyl (C=O) groups excluding carboxylic acids is 1. The molecule has 2 fully saturated rings. The van der Waals surface area contributed by atoms with Crippen molar-refractivity contribution in [1.82, 2.24) is 15.1 Å². The molecule has 1 amide bonds. The molecular weight excluding hydrogens is 238 g/mol. The fourth-order valence-corrected chi connectivity index (χ4v) is 3.71. The van der Waals surface area contributed by atoms with Crippen LogP contribution in [0.3, 0.4) is 0 Å². The Balaban J connectivity index is 1.89. The standard InChI is InChI=1S/C15H29N3O/c1-11(2)18(12(3)4)15(19)10-17-8-13-6-5-7-16-14(13)9-17/h11-14,16H,5-10H2,1-4H3. The summed E-state index contributed by atoms with van der Waals surface area (Å²) < 4.78 is 0. The maximum absolute atomic E-state index is 12.5. The molecule has 2 saturated heterocycles. The van der Waals surface area contributed by atoms with E-state index >= 15 is 0 Å². The van der Waals surface area contributed by atoms with E-state index in [1.165, 1.54) is 12.8 Å². The van der Waals surface area contributed by atoms with Crippen LogP contribution in [0.25, 0.3) is 0 Å². The summed E-state index contributed by atoms with van der Waals surface area (Å²) in [5.74, 6) is 1.04. The minimum Gasteiger partial charge on any atom is -0.337 e. The second kappa shape index (κ2) is 6.23. The molecule has 0 saturated carbocycles. The first-order chi connectivity index (χ1) is 8.99. The Labute approximate surface area is 117 Å². The van der Waals surface area contributed by atoms with Gasteiger partial charge >= 0.3 is 0 Å². The molecule has 0 aromatic rings. The van der Waals surface area contributed by atoms with Gasteiger partial charge in [-0.1, -0.05) is 0 Å². The number of hydrogen-bond acceptors (Lipinski definition) is 3. The van der Waals surface area contributed by atoms with Crippen molar-refractivity contribution < 1.29 is 4.79 Å². The third-order valence-corrected chi connectivity index (χ3v) is 4.43. The molecule has 0 aliphatic carbocycles. The van der Waals surface area contributed by atoms with Gasteiger partial charge in [0, 0.05) is 31.2 Å². The lowest BCUT2D eigenvalue weighted by Gasteiger charge is -2.32. The highest BCUT2D eigenvalue weighted by Gasteiger charge is 2.35. The van der Waals surface area contributed by atoms with E-state index in [0.29, 0.717) is 12.6 Å². The van der Waals surface area contributed by atoms with Crippen molar-refractivity contribution in [2.24, 2.45) is 5.92 Å². The van der Waals surface area contributed by atoms with Crippen LogP contribution in [0.5, 0.6) is 0 Å². The Kier molecular flexibility index (Phi) is 4.85. The molecule has 4 heteroatoms. The van der Waals surface area contributed by atoms with Gasteiger partial charge in [0.2, 0.25) is 5.91 Å². The van der Waals surface area contributed by atoms with E-state index in [1.807, 2.05) is 4.90 Å². The molecule has 110 valence electrons. The number of nitrogens with one attached hydrogen (secondary N) is 1. The SMILES string of the molecule is CC(C)N(C(=O)CN1CC2CCCNC2C1)C(C)C. The molecule has 4 nitrogen and oxygen atoms in total. The van der Waals surface area contributed by atoms with Crippen LogP contribution in [-0.2, 0) is 4.79 Å². The van der Waals surface area contributed by atoms with Gasteiger partial charge in [-0.2, -0.15) is 0 Å². The first-order valence-corrected chi connectivity index (χ1v) is 7.76. The van der Waals surface area contributed by atoms with Crippen LogP contribution in [0.1, 0.15) is 40.5 Å². The minimum atomic E-state index is 0.281. The van der Waals surface area contributed by atoms with Crippen molar-refractivity contribution in [3.63, 3.8) is 0 Å². The van der Waals surface area contributed by atoms with E-state index in [-0.39, 0.29) is 18.0 Å². The van der Waals surface area contributed by atoms with Crippen molar-refractivity contribution in [2.75, 3.05) is 26.2 Å². The van der Waals surface area contributed by atoms with E-state index in [9.17, 15) is 4.79 Å². The highest BCUT2D eigenvalue weighted by atomic mass is 16.2. The van der Waals surface area contributed by atoms with Crippen LogP contribution in [-0.4, -0.2) is 60.0 Å². The molecule has 0 spiro atoms. The average molecular weight is 267 g/mol. The zero-order valence-electron chi connectivity index (χ0n) is 12.9. The minimum absolute atomic E-state index is 0.281. The van der Waals surface area contributed by atoms with Crippen LogP contribution in [0, 0.1) is 5.92 Å². The van der Waals surface area contributed by atoms with Gasteiger partial charge in [0.05, 0.1) is 6.54 Å². The first-order valence-electron chi connectivity index (χ1n) is 7.76. The zero-order valence-corrected chi connectivity index (χ0v) is 12.9. The average Bonchev–Trinajstić information content (AvgIpc) is 2.69. The molecule has 0 aromatic carbocycles. The second-order valence-electron chi connectivity index (χ2n) is 6.65. The highest BCUT2D eigenvalue weighted by Crippen LogP contribution is 2.24. The Hall–Kier alpha value is -0.610. The fraction of sp³-hybridized carbons (Fsp3) is 0.933. The Morgan fingerprint density at radius 3 is 2.53 bits per heavy atom. The van der Waals surface area contributed by atoms with Gasteiger partial charge in [0.15, 0.2) is 0 Å². The van der Waals surface area contributed by atoms with E-state index < -0.39 is 0 Å². The number of nitrogens with zero attached hydrogens (tertiary/aromatic N) is 2. The number of fused-ring (bicyclic) bond motifs is 1. The van der Waals surface area contributed by atoms with Crippen LogP contribution >= 0.6 is 0 Å². The second-order valence-corrected chi connectivity index (χ2v) is 6.65. The molecule has 2 aliphatic heterocycles. The summed E-state index contributed by atoms with van der Waals surface area (Å²) in [5.41, 5.74) is 0. The quantitative estimate of drug-likeness (QED) is 0.834. The van der Waals surface area contributed by atoms with E-state index in [1.54, 1.807) is 0 Å². The number of hydrogen-bond donors (Lipinski definition) is 1. The van der Waals surface area contributed by atoms with Crippen molar-refractivity contribution >= 4 is 5.91 Å². The summed E-state index contributed by atoms with van der Waals surface area (Å²) in [6, 6.07) is 1.19. The summed E-state index contributed by atoms with van der Waals surface area (Å²) in [4.78, 5) is 16.8. The van der Waals surface area contributed by atoms with Crippen molar-refractivity contribution in [2.45, 2.75) is 58.7 Å². The lowest BCUT2D eigenvalue weighted by molar-refractivity contribution is -0.135. The van der Waals surface area contributed by atoms with Gasteiger partial charge < -0.3 is 10.2 Å². The number of likely N-dealkylation sites (tertiary alicyclic amines) is 1. The van der Waals surface area contributed by atoms with E-state index in [4.69, 9.17) is 0 Å². The zero-order chi connectivity index (χ0) is 14.0. The summed E-state index contributed by atoms with van der Waals surface area (Å²) in [5, 5.41) is 3.59. The van der Waals surface area contributed by atoms with Crippen molar-refractivity contribution in [3.8, 4) is 0 Å². The molecular formula is C15H29N3O. The maximum Gasteiger partial charge on any atom is 0.237 e. The molecule has 19 heavy (non-hydrogen) atoms. The summed E-state index contributed by atoms with van der Waals surface area (Å²) in [6.07, 6.45) is 2.60. The highest BCUT2D eigenvalue weighted by molar-refractivity contribution is 5.78. The molecule has 0 bridgehead atoms. The molecule has 2 unspecified atom stereocenters. The smallest absolute Gasteiger partial charge is 0.237 e. The molecule has 0 radical (unpaired) electrons. The van der Waals surface area contributed by atoms with E-state index in [0.717, 1.165) is 25.6 Å². The number of amides is 1. The summed E-state index contributed by atoms with van der Waals surface area (Å²) in [7, 11) is 0. The lowest BCUT2D eigenvalue weighted by atomic mass is 9.94. The molecule has 1 N–H and O–H groups in total. The molecule has 2 heterocycles.